The van der Waals surface area contributed by atoms with E-state index in [9.17, 15) is 13.2 Å². The average Bonchev–Trinajstić information content (AvgIpc) is 2.76. The Morgan fingerprint density at radius 3 is 2.61 bits per heavy atom. The van der Waals surface area contributed by atoms with E-state index in [4.69, 9.17) is 11.6 Å². The Morgan fingerprint density at radius 2 is 2.06 bits per heavy atom. The van der Waals surface area contributed by atoms with Crippen LogP contribution in [0.25, 0.3) is 11.3 Å². The Hall–Kier alpha value is -1.27. The molecule has 0 atom stereocenters. The Bertz CT molecular complexity index is 566. The maximum atomic E-state index is 12.7. The molecule has 0 aliphatic carbocycles. The second-order valence-electron chi connectivity index (χ2n) is 3.48. The van der Waals surface area contributed by atoms with Crippen LogP contribution in [-0.4, -0.2) is 12.0 Å². The first-order chi connectivity index (χ1) is 8.41. The summed E-state index contributed by atoms with van der Waals surface area (Å²) < 4.78 is 38.1. The minimum Gasteiger partial charge on any atom is -0.365 e. The molecule has 0 saturated carbocycles. The van der Waals surface area contributed by atoms with Gasteiger partial charge in [-0.1, -0.05) is 17.7 Å². The summed E-state index contributed by atoms with van der Waals surface area (Å²) in [6, 6.07) is 3.76. The highest BCUT2D eigenvalue weighted by Gasteiger charge is 2.33. The molecule has 0 unspecified atom stereocenters. The molecule has 0 aliphatic rings. The van der Waals surface area contributed by atoms with Crippen molar-refractivity contribution in [3.63, 3.8) is 0 Å². The minimum atomic E-state index is -4.46. The van der Waals surface area contributed by atoms with Gasteiger partial charge in [-0.15, -0.1) is 11.3 Å². The van der Waals surface area contributed by atoms with Gasteiger partial charge in [-0.25, -0.2) is 4.98 Å². The Balaban J connectivity index is 2.47. The molecule has 7 heteroatoms. The Morgan fingerprint density at radius 1 is 1.33 bits per heavy atom. The fraction of sp³-hybridized carbons (Fsp3) is 0.182. The predicted octanol–water partition coefficient (Wildman–Crippen LogP) is 4.52. The number of aromatic nitrogens is 1. The fourth-order valence-corrected chi connectivity index (χ4v) is 2.33. The third kappa shape index (κ3) is 2.59. The smallest absolute Gasteiger partial charge is 0.365 e. The van der Waals surface area contributed by atoms with Gasteiger partial charge in [0.2, 0.25) is 0 Å². The van der Waals surface area contributed by atoms with Crippen molar-refractivity contribution in [3.8, 4) is 11.3 Å². The number of benzene rings is 1. The second-order valence-corrected chi connectivity index (χ2v) is 4.75. The summed E-state index contributed by atoms with van der Waals surface area (Å²) in [4.78, 5) is 4.15. The first-order valence-electron chi connectivity index (χ1n) is 4.92. The zero-order valence-electron chi connectivity index (χ0n) is 9.18. The molecule has 2 aromatic rings. The van der Waals surface area contributed by atoms with Crippen LogP contribution in [-0.2, 0) is 6.18 Å². The number of rotatable bonds is 2. The molecule has 0 spiro atoms. The summed E-state index contributed by atoms with van der Waals surface area (Å²) in [6.07, 6.45) is -4.46. The van der Waals surface area contributed by atoms with Crippen LogP contribution in [0, 0.1) is 0 Å². The Kier molecular flexibility index (Phi) is 3.49. The second kappa shape index (κ2) is 4.78. The van der Waals surface area contributed by atoms with Gasteiger partial charge >= 0.3 is 6.18 Å². The van der Waals surface area contributed by atoms with Crippen molar-refractivity contribution in [1.29, 1.82) is 0 Å². The molecule has 2 rings (SSSR count). The summed E-state index contributed by atoms with van der Waals surface area (Å²) >= 11 is 6.88. The lowest BCUT2D eigenvalue weighted by Gasteiger charge is -2.09. The topological polar surface area (TPSA) is 24.9 Å². The molecular formula is C11H8ClF3N2S. The first kappa shape index (κ1) is 13.2. The number of halogens is 4. The molecule has 0 saturated heterocycles. The quantitative estimate of drug-likeness (QED) is 0.880. The maximum absolute atomic E-state index is 12.7. The van der Waals surface area contributed by atoms with Gasteiger partial charge in [0.05, 0.1) is 16.3 Å². The molecule has 0 radical (unpaired) electrons. The van der Waals surface area contributed by atoms with E-state index in [1.165, 1.54) is 23.5 Å². The van der Waals surface area contributed by atoms with Crippen LogP contribution in [0.4, 0.5) is 18.3 Å². The molecule has 0 bridgehead atoms. The molecule has 1 aromatic heterocycles. The lowest BCUT2D eigenvalue weighted by atomic mass is 10.1. The van der Waals surface area contributed by atoms with Crippen molar-refractivity contribution >= 4 is 28.1 Å². The van der Waals surface area contributed by atoms with Gasteiger partial charge in [-0.3, -0.25) is 0 Å². The van der Waals surface area contributed by atoms with E-state index in [2.05, 4.69) is 10.3 Å². The standard InChI is InChI=1S/C11H8ClF3N2S/c1-16-10-17-9(5-18-10)6-2-3-8(12)7(4-6)11(13,14)15/h2-5H,1H3,(H,16,17). The van der Waals surface area contributed by atoms with Crippen LogP contribution >= 0.6 is 22.9 Å². The molecule has 96 valence electrons. The van der Waals surface area contributed by atoms with E-state index in [0.29, 0.717) is 16.4 Å². The normalized spacial score (nSPS) is 11.6. The van der Waals surface area contributed by atoms with E-state index in [0.717, 1.165) is 6.07 Å². The molecule has 0 fully saturated rings. The molecule has 18 heavy (non-hydrogen) atoms. The summed E-state index contributed by atoms with van der Waals surface area (Å²) in [5.41, 5.74) is 0.0386. The third-order valence-corrected chi connectivity index (χ3v) is 3.47. The van der Waals surface area contributed by atoms with E-state index in [1.807, 2.05) is 0 Å². The molecule has 0 amide bonds. The lowest BCUT2D eigenvalue weighted by Crippen LogP contribution is -2.05. The zero-order chi connectivity index (χ0) is 13.3. The van der Waals surface area contributed by atoms with Crippen molar-refractivity contribution in [3.05, 3.63) is 34.2 Å². The minimum absolute atomic E-state index is 0.310. The molecule has 1 aromatic carbocycles. The average molecular weight is 293 g/mol. The molecule has 0 aliphatic heterocycles. The number of hydrogen-bond donors (Lipinski definition) is 1. The Labute approximate surface area is 110 Å². The van der Waals surface area contributed by atoms with Crippen molar-refractivity contribution in [2.24, 2.45) is 0 Å². The largest absolute Gasteiger partial charge is 0.417 e. The third-order valence-electron chi connectivity index (χ3n) is 2.29. The number of alkyl halides is 3. The monoisotopic (exact) mass is 292 g/mol. The van der Waals surface area contributed by atoms with Gasteiger partial charge in [-0.2, -0.15) is 13.2 Å². The van der Waals surface area contributed by atoms with Crippen LogP contribution < -0.4 is 5.32 Å². The summed E-state index contributed by atoms with van der Waals surface area (Å²) in [5.74, 6) is 0. The number of anilines is 1. The van der Waals surface area contributed by atoms with Crippen LogP contribution in [0.3, 0.4) is 0 Å². The van der Waals surface area contributed by atoms with E-state index in [1.54, 1.807) is 12.4 Å². The molecule has 1 N–H and O–H groups in total. The first-order valence-corrected chi connectivity index (χ1v) is 6.18. The highest BCUT2D eigenvalue weighted by Crippen LogP contribution is 2.37. The van der Waals surface area contributed by atoms with Crippen LogP contribution in [0.5, 0.6) is 0 Å². The van der Waals surface area contributed by atoms with Crippen molar-refractivity contribution in [2.75, 3.05) is 12.4 Å². The van der Waals surface area contributed by atoms with Crippen LogP contribution in [0.2, 0.25) is 5.02 Å². The molecular weight excluding hydrogens is 285 g/mol. The van der Waals surface area contributed by atoms with Crippen molar-refractivity contribution in [1.82, 2.24) is 4.98 Å². The van der Waals surface area contributed by atoms with Crippen LogP contribution in [0.15, 0.2) is 23.6 Å². The van der Waals surface area contributed by atoms with Crippen molar-refractivity contribution < 1.29 is 13.2 Å². The van der Waals surface area contributed by atoms with Gasteiger partial charge in [0, 0.05) is 18.0 Å². The summed E-state index contributed by atoms with van der Waals surface area (Å²) in [6.45, 7) is 0. The SMILES string of the molecule is CNc1nc(-c2ccc(Cl)c(C(F)(F)F)c2)cs1. The highest BCUT2D eigenvalue weighted by molar-refractivity contribution is 7.14. The van der Waals surface area contributed by atoms with Gasteiger partial charge in [0.15, 0.2) is 5.13 Å². The van der Waals surface area contributed by atoms with Crippen LogP contribution in [0.1, 0.15) is 5.56 Å². The number of nitrogens with one attached hydrogen (secondary N) is 1. The van der Waals surface area contributed by atoms with Gasteiger partial charge < -0.3 is 5.32 Å². The fourth-order valence-electron chi connectivity index (χ4n) is 1.42. The summed E-state index contributed by atoms with van der Waals surface area (Å²) in [7, 11) is 1.70. The molecule has 2 nitrogen and oxygen atoms in total. The maximum Gasteiger partial charge on any atom is 0.417 e. The summed E-state index contributed by atoms with van der Waals surface area (Å²) in [5, 5.41) is 4.86. The number of hydrogen-bond acceptors (Lipinski definition) is 3. The molecule has 1 heterocycles. The number of thiazole rings is 1. The van der Waals surface area contributed by atoms with Gasteiger partial charge in [-0.05, 0) is 12.1 Å². The number of nitrogens with zero attached hydrogens (tertiary/aromatic N) is 1. The van der Waals surface area contributed by atoms with E-state index in [-0.39, 0.29) is 5.02 Å². The van der Waals surface area contributed by atoms with Gasteiger partial charge in [0.1, 0.15) is 0 Å². The lowest BCUT2D eigenvalue weighted by molar-refractivity contribution is -0.137. The zero-order valence-corrected chi connectivity index (χ0v) is 10.7. The highest BCUT2D eigenvalue weighted by atomic mass is 35.5. The van der Waals surface area contributed by atoms with E-state index >= 15 is 0 Å². The van der Waals surface area contributed by atoms with Gasteiger partial charge in [0.25, 0.3) is 0 Å². The van der Waals surface area contributed by atoms with Crippen molar-refractivity contribution in [2.45, 2.75) is 6.18 Å². The predicted molar refractivity (Wildman–Crippen MR) is 67.1 cm³/mol. The van der Waals surface area contributed by atoms with E-state index < -0.39 is 11.7 Å².